The summed E-state index contributed by atoms with van der Waals surface area (Å²) in [6.07, 6.45) is 0. The number of carbonyl (C=O) groups is 1. The fourth-order valence-electron chi connectivity index (χ4n) is 1.90. The highest BCUT2D eigenvalue weighted by molar-refractivity contribution is 14.1. The SMILES string of the molecule is CN(C(=O)c1cccc(I)c1)c1ccccc1C(N)=S. The molecule has 2 N–H and O–H groups in total. The van der Waals surface area contributed by atoms with Gasteiger partial charge in [-0.3, -0.25) is 4.79 Å². The molecule has 0 atom stereocenters. The van der Waals surface area contributed by atoms with E-state index in [1.54, 1.807) is 18.0 Å². The monoisotopic (exact) mass is 396 g/mol. The van der Waals surface area contributed by atoms with Gasteiger partial charge in [0.25, 0.3) is 5.91 Å². The van der Waals surface area contributed by atoms with E-state index in [0.717, 1.165) is 3.57 Å². The van der Waals surface area contributed by atoms with E-state index in [1.165, 1.54) is 0 Å². The lowest BCUT2D eigenvalue weighted by Crippen LogP contribution is -2.28. The molecule has 0 spiro atoms. The smallest absolute Gasteiger partial charge is 0.258 e. The predicted octanol–water partition coefficient (Wildman–Crippen LogP) is 3.20. The van der Waals surface area contributed by atoms with Crippen molar-refractivity contribution in [2.75, 3.05) is 11.9 Å². The summed E-state index contributed by atoms with van der Waals surface area (Å²) in [5.41, 5.74) is 7.75. The highest BCUT2D eigenvalue weighted by atomic mass is 127. The molecule has 2 rings (SSSR count). The van der Waals surface area contributed by atoms with Crippen molar-refractivity contribution >= 4 is 51.4 Å². The van der Waals surface area contributed by atoms with Crippen LogP contribution in [0.4, 0.5) is 5.69 Å². The second-order valence-corrected chi connectivity index (χ2v) is 5.94. The van der Waals surface area contributed by atoms with E-state index in [1.807, 2.05) is 42.5 Å². The highest BCUT2D eigenvalue weighted by Crippen LogP contribution is 2.21. The number of hydrogen-bond acceptors (Lipinski definition) is 2. The van der Waals surface area contributed by atoms with Crippen molar-refractivity contribution in [1.29, 1.82) is 0 Å². The van der Waals surface area contributed by atoms with Gasteiger partial charge in [-0.1, -0.05) is 30.4 Å². The van der Waals surface area contributed by atoms with Gasteiger partial charge in [-0.15, -0.1) is 0 Å². The molecule has 5 heteroatoms. The largest absolute Gasteiger partial charge is 0.389 e. The summed E-state index contributed by atoms with van der Waals surface area (Å²) in [5.74, 6) is -0.0905. The maximum Gasteiger partial charge on any atom is 0.258 e. The molecule has 2 aromatic rings. The third-order valence-corrected chi connectivity index (χ3v) is 3.80. The van der Waals surface area contributed by atoms with Crippen molar-refractivity contribution in [3.63, 3.8) is 0 Å². The number of anilines is 1. The standard InChI is InChI=1S/C15H13IN2OS/c1-18(13-8-3-2-7-12(13)14(17)20)15(19)10-5-4-6-11(16)9-10/h2-9H,1H3,(H2,17,20). The van der Waals surface area contributed by atoms with Gasteiger partial charge >= 0.3 is 0 Å². The summed E-state index contributed by atoms with van der Waals surface area (Å²) in [7, 11) is 1.72. The lowest BCUT2D eigenvalue weighted by atomic mass is 10.1. The molecule has 0 aromatic heterocycles. The van der Waals surface area contributed by atoms with E-state index in [4.69, 9.17) is 18.0 Å². The van der Waals surface area contributed by atoms with E-state index >= 15 is 0 Å². The summed E-state index contributed by atoms with van der Waals surface area (Å²) in [4.78, 5) is 14.4. The quantitative estimate of drug-likeness (QED) is 0.641. The number of nitrogens with zero attached hydrogens (tertiary/aromatic N) is 1. The van der Waals surface area contributed by atoms with Crippen LogP contribution in [-0.2, 0) is 0 Å². The molecule has 0 unspecified atom stereocenters. The van der Waals surface area contributed by atoms with Crippen LogP contribution in [0, 0.1) is 3.57 Å². The van der Waals surface area contributed by atoms with Crippen molar-refractivity contribution in [3.8, 4) is 0 Å². The average Bonchev–Trinajstić information content (AvgIpc) is 2.45. The zero-order valence-corrected chi connectivity index (χ0v) is 13.8. The number of rotatable bonds is 3. The normalized spacial score (nSPS) is 10.1. The van der Waals surface area contributed by atoms with Crippen molar-refractivity contribution in [2.45, 2.75) is 0 Å². The van der Waals surface area contributed by atoms with Crippen LogP contribution >= 0.6 is 34.8 Å². The number of halogens is 1. The first-order valence-corrected chi connectivity index (χ1v) is 7.42. The summed E-state index contributed by atoms with van der Waals surface area (Å²) in [6, 6.07) is 14.8. The second kappa shape index (κ2) is 6.32. The van der Waals surface area contributed by atoms with E-state index in [0.29, 0.717) is 16.8 Å². The lowest BCUT2D eigenvalue weighted by molar-refractivity contribution is 0.0993. The predicted molar refractivity (Wildman–Crippen MR) is 94.2 cm³/mol. The molecule has 102 valence electrons. The number of nitrogens with two attached hydrogens (primary N) is 1. The number of para-hydroxylation sites is 1. The maximum atomic E-state index is 12.5. The summed E-state index contributed by atoms with van der Waals surface area (Å²) >= 11 is 7.21. The Hall–Kier alpha value is -1.47. The second-order valence-electron chi connectivity index (χ2n) is 4.26. The lowest BCUT2D eigenvalue weighted by Gasteiger charge is -2.20. The Balaban J connectivity index is 2.39. The summed E-state index contributed by atoms with van der Waals surface area (Å²) < 4.78 is 1.02. The van der Waals surface area contributed by atoms with Gasteiger partial charge in [0.05, 0.1) is 5.69 Å². The first-order chi connectivity index (χ1) is 9.50. The van der Waals surface area contributed by atoms with Crippen molar-refractivity contribution in [1.82, 2.24) is 0 Å². The molecular weight excluding hydrogens is 383 g/mol. The number of hydrogen-bond donors (Lipinski definition) is 1. The van der Waals surface area contributed by atoms with Crippen LogP contribution in [0.2, 0.25) is 0 Å². The number of carbonyl (C=O) groups excluding carboxylic acids is 1. The Morgan fingerprint density at radius 3 is 2.55 bits per heavy atom. The fraction of sp³-hybridized carbons (Fsp3) is 0.0667. The molecule has 0 heterocycles. The third-order valence-electron chi connectivity index (χ3n) is 2.91. The van der Waals surface area contributed by atoms with Crippen LogP contribution in [-0.4, -0.2) is 17.9 Å². The minimum Gasteiger partial charge on any atom is -0.389 e. The maximum absolute atomic E-state index is 12.5. The molecule has 3 nitrogen and oxygen atoms in total. The third kappa shape index (κ3) is 3.16. The molecule has 0 aliphatic rings. The number of benzene rings is 2. The molecule has 0 bridgehead atoms. The molecule has 20 heavy (non-hydrogen) atoms. The highest BCUT2D eigenvalue weighted by Gasteiger charge is 2.17. The number of thiocarbonyl (C=S) groups is 1. The van der Waals surface area contributed by atoms with Crippen LogP contribution in [0.1, 0.15) is 15.9 Å². The topological polar surface area (TPSA) is 46.3 Å². The van der Waals surface area contributed by atoms with Gasteiger partial charge in [0.1, 0.15) is 4.99 Å². The summed E-state index contributed by atoms with van der Waals surface area (Å²) in [5, 5.41) is 0. The van der Waals surface area contributed by atoms with Crippen molar-refractivity contribution < 1.29 is 4.79 Å². The van der Waals surface area contributed by atoms with Crippen LogP contribution in [0.3, 0.4) is 0 Å². The van der Waals surface area contributed by atoms with Crippen LogP contribution in [0.15, 0.2) is 48.5 Å². The minimum atomic E-state index is -0.0905. The van der Waals surface area contributed by atoms with Gasteiger partial charge in [-0.25, -0.2) is 0 Å². The Morgan fingerprint density at radius 1 is 1.20 bits per heavy atom. The average molecular weight is 396 g/mol. The van der Waals surface area contributed by atoms with E-state index < -0.39 is 0 Å². The van der Waals surface area contributed by atoms with Gasteiger partial charge in [-0.05, 0) is 52.9 Å². The molecular formula is C15H13IN2OS. The number of amides is 1. The van der Waals surface area contributed by atoms with Gasteiger partial charge in [0, 0.05) is 21.7 Å². The zero-order chi connectivity index (χ0) is 14.7. The molecule has 1 amide bonds. The van der Waals surface area contributed by atoms with Gasteiger partial charge in [0.15, 0.2) is 0 Å². The van der Waals surface area contributed by atoms with E-state index in [9.17, 15) is 4.79 Å². The first kappa shape index (κ1) is 14.9. The first-order valence-electron chi connectivity index (χ1n) is 5.93. The van der Waals surface area contributed by atoms with Crippen molar-refractivity contribution in [3.05, 3.63) is 63.2 Å². The molecule has 0 saturated carbocycles. The van der Waals surface area contributed by atoms with Crippen LogP contribution in [0.5, 0.6) is 0 Å². The molecule has 0 fully saturated rings. The van der Waals surface area contributed by atoms with Crippen molar-refractivity contribution in [2.24, 2.45) is 5.73 Å². The van der Waals surface area contributed by atoms with E-state index in [-0.39, 0.29) is 10.9 Å². The van der Waals surface area contributed by atoms with Gasteiger partial charge < -0.3 is 10.6 Å². The summed E-state index contributed by atoms with van der Waals surface area (Å²) in [6.45, 7) is 0. The minimum absolute atomic E-state index is 0.0905. The van der Waals surface area contributed by atoms with Crippen LogP contribution in [0.25, 0.3) is 0 Å². The molecule has 2 aromatic carbocycles. The fourth-order valence-corrected chi connectivity index (χ4v) is 2.61. The molecule has 0 aliphatic carbocycles. The molecule has 0 saturated heterocycles. The molecule has 0 radical (unpaired) electrons. The van der Waals surface area contributed by atoms with Gasteiger partial charge in [-0.2, -0.15) is 0 Å². The Morgan fingerprint density at radius 2 is 1.90 bits per heavy atom. The molecule has 0 aliphatic heterocycles. The Bertz CT molecular complexity index is 672. The Labute approximate surface area is 136 Å². The Kier molecular flexibility index (Phi) is 4.72. The van der Waals surface area contributed by atoms with Crippen LogP contribution < -0.4 is 10.6 Å². The van der Waals surface area contributed by atoms with E-state index in [2.05, 4.69) is 22.6 Å². The van der Waals surface area contributed by atoms with Gasteiger partial charge in [0.2, 0.25) is 0 Å². The zero-order valence-electron chi connectivity index (χ0n) is 10.8.